The zero-order valence-electron chi connectivity index (χ0n) is 11.4. The Bertz CT molecular complexity index is 863. The van der Waals surface area contributed by atoms with Gasteiger partial charge in [-0.1, -0.05) is 11.6 Å². The molecule has 0 unspecified atom stereocenters. The fourth-order valence-corrected chi connectivity index (χ4v) is 2.89. The maximum Gasteiger partial charge on any atom is 0.274 e. The van der Waals surface area contributed by atoms with Crippen LogP contribution in [0.1, 0.15) is 19.8 Å². The van der Waals surface area contributed by atoms with Gasteiger partial charge in [-0.15, -0.1) is 0 Å². The second-order valence-corrected chi connectivity index (χ2v) is 5.81. The molecule has 5 nitrogen and oxygen atoms in total. The predicted octanol–water partition coefficient (Wildman–Crippen LogP) is 1.89. The van der Waals surface area contributed by atoms with Crippen molar-refractivity contribution >= 4 is 22.4 Å². The lowest BCUT2D eigenvalue weighted by molar-refractivity contribution is -0.0486. The first-order valence-electron chi connectivity index (χ1n) is 6.35. The zero-order chi connectivity index (χ0) is 15.6. The summed E-state index contributed by atoms with van der Waals surface area (Å²) >= 11 is 5.97. The van der Waals surface area contributed by atoms with Gasteiger partial charge in [-0.3, -0.25) is 9.59 Å². The third-order valence-electron chi connectivity index (χ3n) is 4.04. The van der Waals surface area contributed by atoms with E-state index in [9.17, 15) is 18.4 Å². The van der Waals surface area contributed by atoms with E-state index in [1.54, 1.807) is 0 Å². The maximum absolute atomic E-state index is 13.8. The smallest absolute Gasteiger partial charge is 0.274 e. The number of hydrogen-bond acceptors (Lipinski definition) is 3. The molecule has 8 heteroatoms. The van der Waals surface area contributed by atoms with E-state index in [0.717, 1.165) is 22.2 Å². The molecule has 21 heavy (non-hydrogen) atoms. The molecule has 0 atom stereocenters. The topological polar surface area (TPSA) is 56.9 Å². The van der Waals surface area contributed by atoms with Gasteiger partial charge in [-0.2, -0.15) is 5.10 Å². The fourth-order valence-electron chi connectivity index (χ4n) is 2.62. The van der Waals surface area contributed by atoms with Crippen LogP contribution in [0.5, 0.6) is 0 Å². The minimum Gasteiger partial charge on any atom is -0.303 e. The number of aromatic nitrogens is 3. The highest BCUT2D eigenvalue weighted by molar-refractivity contribution is 6.34. The summed E-state index contributed by atoms with van der Waals surface area (Å²) in [4.78, 5) is 24.1. The molecule has 1 aliphatic carbocycles. The van der Waals surface area contributed by atoms with Crippen LogP contribution in [0.15, 0.2) is 21.9 Å². The summed E-state index contributed by atoms with van der Waals surface area (Å²) in [6.07, 6.45) is 1.63. The normalized spacial score (nSPS) is 17.2. The summed E-state index contributed by atoms with van der Waals surface area (Å²) in [5.74, 6) is -3.04. The van der Waals surface area contributed by atoms with Crippen molar-refractivity contribution in [1.29, 1.82) is 0 Å². The molecular formula is C13H12ClF2N3O2. The molecule has 3 rings (SSSR count). The van der Waals surface area contributed by atoms with Gasteiger partial charge >= 0.3 is 0 Å². The van der Waals surface area contributed by atoms with Crippen LogP contribution in [0.3, 0.4) is 0 Å². The SMILES string of the molecule is Cn1nc(Cl)c2cn(C3(C(C)(F)F)CC3)c(=O)cc2c1=O. The van der Waals surface area contributed by atoms with Crippen LogP contribution < -0.4 is 11.1 Å². The van der Waals surface area contributed by atoms with Crippen molar-refractivity contribution < 1.29 is 8.78 Å². The summed E-state index contributed by atoms with van der Waals surface area (Å²) in [5, 5.41) is 4.08. The Kier molecular flexibility index (Phi) is 2.79. The number of nitrogens with zero attached hydrogens (tertiary/aromatic N) is 3. The van der Waals surface area contributed by atoms with Gasteiger partial charge < -0.3 is 4.57 Å². The average Bonchev–Trinajstić information content (AvgIpc) is 3.16. The molecule has 2 heterocycles. The average molecular weight is 316 g/mol. The van der Waals surface area contributed by atoms with E-state index < -0.39 is 22.6 Å². The molecular weight excluding hydrogens is 304 g/mol. The molecule has 0 amide bonds. The highest BCUT2D eigenvalue weighted by atomic mass is 35.5. The van der Waals surface area contributed by atoms with E-state index >= 15 is 0 Å². The number of hydrogen-bond donors (Lipinski definition) is 0. The van der Waals surface area contributed by atoms with Crippen molar-refractivity contribution in [1.82, 2.24) is 14.3 Å². The Balaban J connectivity index is 2.37. The van der Waals surface area contributed by atoms with E-state index in [2.05, 4.69) is 5.10 Å². The molecule has 0 aromatic carbocycles. The van der Waals surface area contributed by atoms with Crippen LogP contribution in [0, 0.1) is 0 Å². The van der Waals surface area contributed by atoms with Gasteiger partial charge in [0.15, 0.2) is 5.15 Å². The largest absolute Gasteiger partial charge is 0.303 e. The number of pyridine rings is 1. The van der Waals surface area contributed by atoms with E-state index in [4.69, 9.17) is 11.6 Å². The first kappa shape index (κ1) is 14.2. The first-order valence-corrected chi connectivity index (χ1v) is 6.73. The molecule has 1 aliphatic rings. The molecule has 2 aromatic rings. The third-order valence-corrected chi connectivity index (χ3v) is 4.32. The number of fused-ring (bicyclic) bond motifs is 1. The summed E-state index contributed by atoms with van der Waals surface area (Å²) in [6, 6.07) is 1.05. The molecule has 0 saturated heterocycles. The van der Waals surface area contributed by atoms with Crippen LogP contribution in [0.4, 0.5) is 8.78 Å². The molecule has 1 fully saturated rings. The number of alkyl halides is 2. The van der Waals surface area contributed by atoms with Crippen molar-refractivity contribution in [2.24, 2.45) is 7.05 Å². The standard InChI is InChI=1S/C13H12ClF2N3O2/c1-12(15,16)13(3-4-13)19-6-8-7(5-9(19)20)11(21)18(2)17-10(8)14/h5-6H,3-4H2,1-2H3. The number of halogens is 3. The van der Waals surface area contributed by atoms with E-state index in [1.807, 2.05) is 0 Å². The second kappa shape index (κ2) is 4.13. The van der Waals surface area contributed by atoms with Gasteiger partial charge in [0.25, 0.3) is 17.0 Å². The van der Waals surface area contributed by atoms with Gasteiger partial charge in [0, 0.05) is 31.6 Å². The predicted molar refractivity (Wildman–Crippen MR) is 74.1 cm³/mol. The molecule has 1 saturated carbocycles. The molecule has 0 aliphatic heterocycles. The van der Waals surface area contributed by atoms with E-state index in [0.29, 0.717) is 0 Å². The number of aryl methyl sites for hydroxylation is 1. The lowest BCUT2D eigenvalue weighted by atomic mass is 10.1. The fraction of sp³-hybridized carbons (Fsp3) is 0.462. The van der Waals surface area contributed by atoms with Crippen molar-refractivity contribution in [2.45, 2.75) is 31.2 Å². The summed E-state index contributed by atoms with van der Waals surface area (Å²) in [5.41, 5.74) is -2.66. The lowest BCUT2D eigenvalue weighted by Crippen LogP contribution is -2.42. The van der Waals surface area contributed by atoms with Crippen molar-refractivity contribution in [2.75, 3.05) is 0 Å². The number of rotatable bonds is 2. The van der Waals surface area contributed by atoms with Gasteiger partial charge in [-0.05, 0) is 12.8 Å². The Morgan fingerprint density at radius 1 is 1.33 bits per heavy atom. The van der Waals surface area contributed by atoms with E-state index in [1.165, 1.54) is 13.2 Å². The Morgan fingerprint density at radius 3 is 2.48 bits per heavy atom. The van der Waals surface area contributed by atoms with Gasteiger partial charge in [0.2, 0.25) is 0 Å². The minimum absolute atomic E-state index is 0.00364. The lowest BCUT2D eigenvalue weighted by Gasteiger charge is -2.25. The van der Waals surface area contributed by atoms with Crippen molar-refractivity contribution in [3.8, 4) is 0 Å². The van der Waals surface area contributed by atoms with Crippen LogP contribution in [0.25, 0.3) is 10.8 Å². The van der Waals surface area contributed by atoms with Crippen LogP contribution >= 0.6 is 11.6 Å². The monoisotopic (exact) mass is 315 g/mol. The Labute approximate surface area is 122 Å². The third kappa shape index (κ3) is 1.91. The second-order valence-electron chi connectivity index (χ2n) is 5.45. The van der Waals surface area contributed by atoms with Crippen LogP contribution in [0.2, 0.25) is 5.15 Å². The maximum atomic E-state index is 13.8. The highest BCUT2D eigenvalue weighted by Gasteiger charge is 2.61. The molecule has 112 valence electrons. The molecule has 0 radical (unpaired) electrons. The van der Waals surface area contributed by atoms with Crippen LogP contribution in [-0.2, 0) is 12.6 Å². The highest BCUT2D eigenvalue weighted by Crippen LogP contribution is 2.53. The minimum atomic E-state index is -3.04. The summed E-state index contributed by atoms with van der Waals surface area (Å²) < 4.78 is 29.6. The van der Waals surface area contributed by atoms with Crippen molar-refractivity contribution in [3.63, 3.8) is 0 Å². The van der Waals surface area contributed by atoms with Crippen molar-refractivity contribution in [3.05, 3.63) is 38.1 Å². The van der Waals surface area contributed by atoms with Crippen LogP contribution in [-0.4, -0.2) is 20.3 Å². The Hall–Kier alpha value is -1.76. The van der Waals surface area contributed by atoms with Gasteiger partial charge in [0.05, 0.1) is 5.39 Å². The van der Waals surface area contributed by atoms with Gasteiger partial charge in [0.1, 0.15) is 5.54 Å². The quantitative estimate of drug-likeness (QED) is 0.850. The molecule has 0 N–H and O–H groups in total. The van der Waals surface area contributed by atoms with E-state index in [-0.39, 0.29) is 28.8 Å². The molecule has 0 spiro atoms. The zero-order valence-corrected chi connectivity index (χ0v) is 12.1. The molecule has 2 aromatic heterocycles. The van der Waals surface area contributed by atoms with Gasteiger partial charge in [-0.25, -0.2) is 13.5 Å². The first-order chi connectivity index (χ1) is 9.67. The summed E-state index contributed by atoms with van der Waals surface area (Å²) in [6.45, 7) is 0.792. The molecule has 0 bridgehead atoms. The summed E-state index contributed by atoms with van der Waals surface area (Å²) in [7, 11) is 1.40. The Morgan fingerprint density at radius 2 is 1.95 bits per heavy atom.